The Balaban J connectivity index is 1.93. The topological polar surface area (TPSA) is 43.4 Å². The van der Waals surface area contributed by atoms with Gasteiger partial charge in [-0.25, -0.2) is 0 Å². The molecule has 0 saturated carbocycles. The highest BCUT2D eigenvalue weighted by Crippen LogP contribution is 2.51. The molecule has 4 heteroatoms. The minimum Gasteiger partial charge on any atom is -0.492 e. The van der Waals surface area contributed by atoms with Crippen molar-refractivity contribution < 1.29 is 9.47 Å². The fourth-order valence-electron chi connectivity index (χ4n) is 5.08. The number of ether oxygens (including phenoxy) is 2. The first-order valence-corrected chi connectivity index (χ1v) is 11.1. The van der Waals surface area contributed by atoms with Crippen molar-refractivity contribution in [2.75, 3.05) is 19.5 Å². The molecule has 0 unspecified atom stereocenters. The van der Waals surface area contributed by atoms with E-state index in [2.05, 4.69) is 75.5 Å². The second kappa shape index (κ2) is 7.96. The minimum atomic E-state index is 0.649. The van der Waals surface area contributed by atoms with Gasteiger partial charge in [-0.1, -0.05) is 58.7 Å². The lowest BCUT2D eigenvalue weighted by Crippen LogP contribution is -2.05. The molecule has 0 saturated heterocycles. The van der Waals surface area contributed by atoms with Crippen LogP contribution >= 0.6 is 0 Å². The Hall–Kier alpha value is -3.79. The van der Waals surface area contributed by atoms with Gasteiger partial charge < -0.3 is 14.8 Å². The molecule has 33 heavy (non-hydrogen) atoms. The summed E-state index contributed by atoms with van der Waals surface area (Å²) in [6, 6.07) is 13.2. The largest absolute Gasteiger partial charge is 0.492 e. The monoisotopic (exact) mass is 436 g/mol. The van der Waals surface area contributed by atoms with Crippen molar-refractivity contribution >= 4 is 22.7 Å². The Morgan fingerprint density at radius 3 is 1.88 bits per heavy atom. The van der Waals surface area contributed by atoms with Gasteiger partial charge >= 0.3 is 0 Å². The van der Waals surface area contributed by atoms with Crippen LogP contribution in [-0.4, -0.2) is 19.2 Å². The number of aromatic nitrogens is 1. The molecular weight excluding hydrogens is 408 g/mol. The van der Waals surface area contributed by atoms with Gasteiger partial charge in [0.15, 0.2) is 11.5 Å². The molecule has 1 aromatic heterocycles. The van der Waals surface area contributed by atoms with E-state index in [0.29, 0.717) is 11.5 Å². The van der Waals surface area contributed by atoms with Crippen molar-refractivity contribution in [3.05, 3.63) is 76.6 Å². The van der Waals surface area contributed by atoms with E-state index in [9.17, 15) is 0 Å². The summed E-state index contributed by atoms with van der Waals surface area (Å²) < 4.78 is 11.8. The maximum absolute atomic E-state index is 5.94. The zero-order valence-corrected chi connectivity index (χ0v) is 20.0. The number of aryl methyl sites for hydroxylation is 4. The van der Waals surface area contributed by atoms with E-state index in [1.807, 2.05) is 12.4 Å². The second-order valence-electron chi connectivity index (χ2n) is 8.86. The highest BCUT2D eigenvalue weighted by molar-refractivity contribution is 6.13. The van der Waals surface area contributed by atoms with E-state index >= 15 is 0 Å². The fourth-order valence-corrected chi connectivity index (χ4v) is 5.08. The maximum Gasteiger partial charge on any atom is 0.187 e. The summed E-state index contributed by atoms with van der Waals surface area (Å²) in [6.45, 7) is 8.49. The van der Waals surface area contributed by atoms with Gasteiger partial charge in [0.2, 0.25) is 0 Å². The van der Waals surface area contributed by atoms with Crippen LogP contribution < -0.4 is 14.8 Å². The number of hydrogen-bond donors (Lipinski definition) is 1. The SMILES string of the molecule is COc1c(-c2cc(C)cc(C)c2)c2c3c(c(-c4cc(C)cc(C)c4)cnc3c1OC)NC=C2. The van der Waals surface area contributed by atoms with Crippen LogP contribution in [0.1, 0.15) is 27.8 Å². The van der Waals surface area contributed by atoms with E-state index < -0.39 is 0 Å². The third kappa shape index (κ3) is 3.43. The van der Waals surface area contributed by atoms with Crippen molar-refractivity contribution in [2.24, 2.45) is 0 Å². The number of anilines is 1. The molecule has 4 nitrogen and oxygen atoms in total. The van der Waals surface area contributed by atoms with Crippen LogP contribution in [0, 0.1) is 27.7 Å². The highest BCUT2D eigenvalue weighted by Gasteiger charge is 2.27. The van der Waals surface area contributed by atoms with Crippen molar-refractivity contribution in [3.8, 4) is 33.8 Å². The number of pyridine rings is 1. The molecule has 0 fully saturated rings. The number of methoxy groups -OCH3 is 2. The minimum absolute atomic E-state index is 0.649. The Morgan fingerprint density at radius 2 is 1.30 bits per heavy atom. The third-order valence-corrected chi connectivity index (χ3v) is 6.19. The number of nitrogens with zero attached hydrogens (tertiary/aromatic N) is 1. The maximum atomic E-state index is 5.94. The molecule has 0 amide bonds. The van der Waals surface area contributed by atoms with Gasteiger partial charge in [-0.3, -0.25) is 4.98 Å². The predicted molar refractivity (Wildman–Crippen MR) is 137 cm³/mol. The molecule has 4 aromatic rings. The zero-order valence-electron chi connectivity index (χ0n) is 20.0. The summed E-state index contributed by atoms with van der Waals surface area (Å²) in [5.41, 5.74) is 12.1. The average molecular weight is 437 g/mol. The van der Waals surface area contributed by atoms with Gasteiger partial charge in [0.25, 0.3) is 0 Å². The van der Waals surface area contributed by atoms with Crippen LogP contribution in [0.5, 0.6) is 11.5 Å². The van der Waals surface area contributed by atoms with Crippen molar-refractivity contribution in [1.29, 1.82) is 0 Å². The van der Waals surface area contributed by atoms with Crippen LogP contribution in [0.3, 0.4) is 0 Å². The van der Waals surface area contributed by atoms with Crippen LogP contribution in [0.4, 0.5) is 5.69 Å². The Labute approximate surface area is 194 Å². The summed E-state index contributed by atoms with van der Waals surface area (Å²) in [7, 11) is 3.37. The van der Waals surface area contributed by atoms with E-state index in [-0.39, 0.29) is 0 Å². The third-order valence-electron chi connectivity index (χ3n) is 6.19. The molecular formula is C29H28N2O2. The zero-order chi connectivity index (χ0) is 23.3. The van der Waals surface area contributed by atoms with E-state index in [4.69, 9.17) is 14.5 Å². The van der Waals surface area contributed by atoms with Crippen molar-refractivity contribution in [1.82, 2.24) is 4.98 Å². The molecule has 1 N–H and O–H groups in total. The molecule has 166 valence electrons. The van der Waals surface area contributed by atoms with Gasteiger partial charge in [-0.2, -0.15) is 0 Å². The molecule has 1 aliphatic rings. The van der Waals surface area contributed by atoms with E-state index in [1.54, 1.807) is 14.2 Å². The molecule has 5 rings (SSSR count). The smallest absolute Gasteiger partial charge is 0.187 e. The van der Waals surface area contributed by atoms with Gasteiger partial charge in [-0.05, 0) is 50.5 Å². The lowest BCUT2D eigenvalue weighted by atomic mass is 9.88. The van der Waals surface area contributed by atoms with E-state index in [0.717, 1.165) is 44.4 Å². The molecule has 0 atom stereocenters. The van der Waals surface area contributed by atoms with E-state index in [1.165, 1.54) is 22.3 Å². The molecule has 2 heterocycles. The Bertz CT molecular complexity index is 1410. The van der Waals surface area contributed by atoms with Gasteiger partial charge in [0.05, 0.1) is 19.9 Å². The summed E-state index contributed by atoms with van der Waals surface area (Å²) >= 11 is 0. The van der Waals surface area contributed by atoms with Crippen molar-refractivity contribution in [3.63, 3.8) is 0 Å². The lowest BCUT2D eigenvalue weighted by molar-refractivity contribution is 0.359. The molecule has 1 aliphatic heterocycles. The molecule has 0 spiro atoms. The normalized spacial score (nSPS) is 12.1. The Morgan fingerprint density at radius 1 is 0.727 bits per heavy atom. The molecule has 0 bridgehead atoms. The standard InChI is InChI=1S/C29H28N2O2/c1-16-9-17(2)12-20(11-16)23-15-31-27-25-22(7-8-30-26(23)25)24(28(32-5)29(27)33-6)21-13-18(3)10-19(4)14-21/h7-15,30H,1-6H3. The number of benzene rings is 3. The first-order chi connectivity index (χ1) is 15.9. The second-order valence-corrected chi connectivity index (χ2v) is 8.86. The number of nitrogens with one attached hydrogen (secondary N) is 1. The van der Waals surface area contributed by atoms with Crippen LogP contribution in [0.25, 0.3) is 39.2 Å². The first kappa shape index (κ1) is 21.1. The highest BCUT2D eigenvalue weighted by atomic mass is 16.5. The lowest BCUT2D eigenvalue weighted by Gasteiger charge is -2.24. The molecule has 0 aliphatic carbocycles. The predicted octanol–water partition coefficient (Wildman–Crippen LogP) is 7.22. The first-order valence-electron chi connectivity index (χ1n) is 11.1. The molecule has 3 aromatic carbocycles. The quantitative estimate of drug-likeness (QED) is 0.367. The van der Waals surface area contributed by atoms with Gasteiger partial charge in [0.1, 0.15) is 5.52 Å². The number of hydrogen-bond acceptors (Lipinski definition) is 4. The fraction of sp³-hybridized carbons (Fsp3) is 0.207. The summed E-state index contributed by atoms with van der Waals surface area (Å²) in [6.07, 6.45) is 6.04. The van der Waals surface area contributed by atoms with Crippen LogP contribution in [-0.2, 0) is 0 Å². The average Bonchev–Trinajstić information content (AvgIpc) is 2.77. The Kier molecular flexibility index (Phi) is 5.09. The van der Waals surface area contributed by atoms with Crippen LogP contribution in [0.15, 0.2) is 48.8 Å². The van der Waals surface area contributed by atoms with Gasteiger partial charge in [0, 0.05) is 28.9 Å². The summed E-state index contributed by atoms with van der Waals surface area (Å²) in [4.78, 5) is 4.89. The van der Waals surface area contributed by atoms with Crippen LogP contribution in [0.2, 0.25) is 0 Å². The summed E-state index contributed by atoms with van der Waals surface area (Å²) in [5, 5.41) is 4.55. The van der Waals surface area contributed by atoms with Crippen molar-refractivity contribution in [2.45, 2.75) is 27.7 Å². The van der Waals surface area contributed by atoms with Gasteiger partial charge in [-0.15, -0.1) is 0 Å². The number of rotatable bonds is 4. The summed E-state index contributed by atoms with van der Waals surface area (Å²) in [5.74, 6) is 1.35. The molecule has 0 radical (unpaired) electrons.